The van der Waals surface area contributed by atoms with Gasteiger partial charge in [0.05, 0.1) is 11.6 Å². The number of ether oxygens (including phenoxy) is 1. The number of rotatable bonds is 4. The highest BCUT2D eigenvalue weighted by atomic mass is 16.5. The lowest BCUT2D eigenvalue weighted by Gasteiger charge is -2.31. The summed E-state index contributed by atoms with van der Waals surface area (Å²) < 4.78 is 5.27. The number of amides is 2. The lowest BCUT2D eigenvalue weighted by atomic mass is 9.86. The number of hydrogen-bond donors (Lipinski definition) is 2. The molecule has 2 aromatic carbocycles. The van der Waals surface area contributed by atoms with Gasteiger partial charge in [-0.05, 0) is 18.1 Å². The van der Waals surface area contributed by atoms with E-state index in [2.05, 4.69) is 10.6 Å². The van der Waals surface area contributed by atoms with Crippen molar-refractivity contribution in [1.82, 2.24) is 10.6 Å². The van der Waals surface area contributed by atoms with Crippen molar-refractivity contribution in [2.45, 2.75) is 31.5 Å². The molecule has 3 rings (SSSR count). The minimum atomic E-state index is -0.649. The largest absolute Gasteiger partial charge is 0.445 e. The molecule has 5 nitrogen and oxygen atoms in total. The molecule has 2 N–H and O–H groups in total. The van der Waals surface area contributed by atoms with Crippen LogP contribution in [0.5, 0.6) is 0 Å². The highest BCUT2D eigenvalue weighted by Crippen LogP contribution is 2.31. The lowest BCUT2D eigenvalue weighted by Crippen LogP contribution is -2.50. The zero-order valence-corrected chi connectivity index (χ0v) is 13.5. The van der Waals surface area contributed by atoms with Crippen LogP contribution in [0, 0.1) is 0 Å². The number of carbonyl (C=O) groups is 2. The van der Waals surface area contributed by atoms with Crippen LogP contribution in [-0.2, 0) is 21.7 Å². The molecule has 1 heterocycles. The summed E-state index contributed by atoms with van der Waals surface area (Å²) in [4.78, 5) is 24.0. The molecule has 2 aromatic rings. The molecule has 0 aliphatic carbocycles. The maximum Gasteiger partial charge on any atom is 0.407 e. The Labute approximate surface area is 141 Å². The van der Waals surface area contributed by atoms with Crippen LogP contribution in [0.1, 0.15) is 24.5 Å². The lowest BCUT2D eigenvalue weighted by molar-refractivity contribution is -0.119. The van der Waals surface area contributed by atoms with Crippen molar-refractivity contribution in [1.29, 1.82) is 0 Å². The second kappa shape index (κ2) is 6.74. The predicted molar refractivity (Wildman–Crippen MR) is 90.1 cm³/mol. The van der Waals surface area contributed by atoms with Gasteiger partial charge in [-0.2, -0.15) is 0 Å². The van der Waals surface area contributed by atoms with E-state index in [0.29, 0.717) is 0 Å². The van der Waals surface area contributed by atoms with Gasteiger partial charge in [0.15, 0.2) is 0 Å². The van der Waals surface area contributed by atoms with Gasteiger partial charge < -0.3 is 15.4 Å². The molecule has 124 valence electrons. The van der Waals surface area contributed by atoms with E-state index in [0.717, 1.165) is 11.1 Å². The molecule has 24 heavy (non-hydrogen) atoms. The number of benzene rings is 2. The van der Waals surface area contributed by atoms with Gasteiger partial charge in [-0.3, -0.25) is 4.79 Å². The smallest absolute Gasteiger partial charge is 0.407 e. The Morgan fingerprint density at radius 3 is 2.46 bits per heavy atom. The third-order valence-corrected chi connectivity index (χ3v) is 4.36. The average molecular weight is 324 g/mol. The van der Waals surface area contributed by atoms with E-state index in [1.165, 1.54) is 0 Å². The Morgan fingerprint density at radius 1 is 1.17 bits per heavy atom. The van der Waals surface area contributed by atoms with Gasteiger partial charge in [0.1, 0.15) is 6.61 Å². The van der Waals surface area contributed by atoms with Gasteiger partial charge >= 0.3 is 6.09 Å². The third-order valence-electron chi connectivity index (χ3n) is 4.36. The second-order valence-corrected chi connectivity index (χ2v) is 6.08. The predicted octanol–water partition coefficient (Wildman–Crippen LogP) is 2.72. The summed E-state index contributed by atoms with van der Waals surface area (Å²) in [6.45, 7) is 2.11. The fourth-order valence-corrected chi connectivity index (χ4v) is 2.98. The Morgan fingerprint density at radius 2 is 1.79 bits per heavy atom. The summed E-state index contributed by atoms with van der Waals surface area (Å²) in [5.41, 5.74) is 1.22. The molecular weight excluding hydrogens is 304 g/mol. The fourth-order valence-electron chi connectivity index (χ4n) is 2.98. The first-order valence-electron chi connectivity index (χ1n) is 7.92. The monoisotopic (exact) mass is 324 g/mol. The normalized spacial score (nSPS) is 22.7. The fraction of sp³-hybridized carbons (Fsp3) is 0.263. The van der Waals surface area contributed by atoms with E-state index < -0.39 is 11.6 Å². The highest BCUT2D eigenvalue weighted by Gasteiger charge is 2.45. The molecule has 2 atom stereocenters. The minimum absolute atomic E-state index is 0.0882. The van der Waals surface area contributed by atoms with Gasteiger partial charge in [0.2, 0.25) is 5.91 Å². The van der Waals surface area contributed by atoms with Crippen molar-refractivity contribution in [2.24, 2.45) is 0 Å². The van der Waals surface area contributed by atoms with Crippen molar-refractivity contribution in [3.8, 4) is 0 Å². The van der Waals surface area contributed by atoms with E-state index in [9.17, 15) is 9.59 Å². The van der Waals surface area contributed by atoms with Crippen LogP contribution >= 0.6 is 0 Å². The van der Waals surface area contributed by atoms with Gasteiger partial charge in [0, 0.05) is 6.42 Å². The first kappa shape index (κ1) is 16.1. The summed E-state index contributed by atoms with van der Waals surface area (Å²) in [7, 11) is 0. The number of hydrogen-bond acceptors (Lipinski definition) is 3. The Kier molecular flexibility index (Phi) is 4.51. The first-order valence-corrected chi connectivity index (χ1v) is 7.92. The molecule has 1 aliphatic heterocycles. The Bertz CT molecular complexity index is 718. The van der Waals surface area contributed by atoms with Crippen LogP contribution in [0.2, 0.25) is 0 Å². The molecule has 0 saturated carbocycles. The van der Waals surface area contributed by atoms with Crippen LogP contribution in [0.3, 0.4) is 0 Å². The van der Waals surface area contributed by atoms with Crippen molar-refractivity contribution >= 4 is 12.0 Å². The van der Waals surface area contributed by atoms with Gasteiger partial charge in [0.25, 0.3) is 0 Å². The van der Waals surface area contributed by atoms with E-state index in [-0.39, 0.29) is 25.0 Å². The molecule has 1 saturated heterocycles. The van der Waals surface area contributed by atoms with Crippen molar-refractivity contribution in [2.75, 3.05) is 0 Å². The van der Waals surface area contributed by atoms with E-state index in [1.807, 2.05) is 67.6 Å². The summed E-state index contributed by atoms with van der Waals surface area (Å²) in [6.07, 6.45) is -0.297. The molecule has 1 aliphatic rings. The quantitative estimate of drug-likeness (QED) is 0.909. The number of nitrogens with one attached hydrogen (secondary N) is 2. The molecular formula is C19H20N2O3. The molecule has 0 unspecified atom stereocenters. The molecule has 0 spiro atoms. The number of alkyl carbamates (subject to hydrolysis) is 1. The molecule has 0 aromatic heterocycles. The van der Waals surface area contributed by atoms with Crippen LogP contribution < -0.4 is 10.6 Å². The van der Waals surface area contributed by atoms with Crippen LogP contribution in [0.4, 0.5) is 4.79 Å². The summed E-state index contributed by atoms with van der Waals surface area (Å²) in [5, 5.41) is 5.79. The zero-order valence-electron chi connectivity index (χ0n) is 13.5. The second-order valence-electron chi connectivity index (χ2n) is 6.08. The SMILES string of the molecule is C[C@@]1(c2ccccc2)NC(=O)C[C@H]1NC(=O)OCc1ccccc1. The van der Waals surface area contributed by atoms with E-state index in [4.69, 9.17) is 4.74 Å². The molecule has 1 fully saturated rings. The molecule has 2 amide bonds. The maximum atomic E-state index is 12.1. The van der Waals surface area contributed by atoms with Gasteiger partial charge in [-0.15, -0.1) is 0 Å². The summed E-state index contributed by atoms with van der Waals surface area (Å²) >= 11 is 0. The average Bonchev–Trinajstić information content (AvgIpc) is 2.89. The number of carbonyl (C=O) groups excluding carboxylic acids is 2. The topological polar surface area (TPSA) is 67.4 Å². The van der Waals surface area contributed by atoms with E-state index in [1.54, 1.807) is 0 Å². The first-order chi connectivity index (χ1) is 11.6. The maximum absolute atomic E-state index is 12.1. The Hall–Kier alpha value is -2.82. The standard InChI is InChI=1S/C19H20N2O3/c1-19(15-10-6-3-7-11-15)16(12-17(22)21-19)20-18(23)24-13-14-8-4-2-5-9-14/h2-11,16H,12-13H2,1H3,(H,20,23)(H,21,22)/t16-,19+/m1/s1. The Balaban J connectivity index is 1.66. The van der Waals surface area contributed by atoms with Crippen LogP contribution in [-0.4, -0.2) is 18.0 Å². The van der Waals surface area contributed by atoms with Crippen molar-refractivity contribution < 1.29 is 14.3 Å². The highest BCUT2D eigenvalue weighted by molar-refractivity contribution is 5.82. The van der Waals surface area contributed by atoms with E-state index >= 15 is 0 Å². The van der Waals surface area contributed by atoms with Crippen molar-refractivity contribution in [3.63, 3.8) is 0 Å². The molecule has 5 heteroatoms. The van der Waals surface area contributed by atoms with Crippen LogP contribution in [0.25, 0.3) is 0 Å². The minimum Gasteiger partial charge on any atom is -0.445 e. The van der Waals surface area contributed by atoms with Crippen LogP contribution in [0.15, 0.2) is 60.7 Å². The zero-order chi connectivity index (χ0) is 17.0. The van der Waals surface area contributed by atoms with Crippen molar-refractivity contribution in [3.05, 3.63) is 71.8 Å². The summed E-state index contributed by atoms with van der Waals surface area (Å²) in [6, 6.07) is 18.7. The summed E-state index contributed by atoms with van der Waals surface area (Å²) in [5.74, 6) is -0.0882. The van der Waals surface area contributed by atoms with Gasteiger partial charge in [-0.1, -0.05) is 60.7 Å². The van der Waals surface area contributed by atoms with Gasteiger partial charge in [-0.25, -0.2) is 4.79 Å². The molecule has 0 radical (unpaired) electrons. The third kappa shape index (κ3) is 3.40. The molecule has 0 bridgehead atoms.